The minimum Gasteiger partial charge on any atom is -0.396 e. The summed E-state index contributed by atoms with van der Waals surface area (Å²) < 4.78 is 3.03. The number of benzene rings is 1. The second kappa shape index (κ2) is 7.23. The van der Waals surface area contributed by atoms with E-state index in [1.807, 2.05) is 11.7 Å². The van der Waals surface area contributed by atoms with Crippen LogP contribution in [0, 0.1) is 12.8 Å². The Morgan fingerprint density at radius 2 is 2.00 bits per heavy atom. The summed E-state index contributed by atoms with van der Waals surface area (Å²) in [5, 5.41) is 14.3. The Balaban J connectivity index is 2.16. The molecule has 3 nitrogen and oxygen atoms in total. The van der Waals surface area contributed by atoms with Crippen molar-refractivity contribution < 1.29 is 5.11 Å². The Bertz CT molecular complexity index is 607. The van der Waals surface area contributed by atoms with Crippen molar-refractivity contribution in [1.29, 1.82) is 0 Å². The SMILES string of the molecule is CCc1nn(C)c(CC(CO)Cc2ccccc2C)c1Br. The first-order valence-electron chi connectivity index (χ1n) is 7.42. The molecule has 0 aliphatic carbocycles. The van der Waals surface area contributed by atoms with Crippen LogP contribution in [-0.2, 0) is 26.3 Å². The highest BCUT2D eigenvalue weighted by atomic mass is 79.9. The van der Waals surface area contributed by atoms with Crippen molar-refractivity contribution in [2.45, 2.75) is 33.1 Å². The van der Waals surface area contributed by atoms with Gasteiger partial charge in [-0.05, 0) is 59.2 Å². The first kappa shape index (κ1) is 16.2. The summed E-state index contributed by atoms with van der Waals surface area (Å²) in [4.78, 5) is 0. The number of aliphatic hydroxyl groups is 1. The normalized spacial score (nSPS) is 12.6. The molecule has 1 heterocycles. The third-order valence-corrected chi connectivity index (χ3v) is 4.93. The van der Waals surface area contributed by atoms with Gasteiger partial charge >= 0.3 is 0 Å². The highest BCUT2D eigenvalue weighted by molar-refractivity contribution is 9.10. The molecule has 2 rings (SSSR count). The average molecular weight is 351 g/mol. The lowest BCUT2D eigenvalue weighted by atomic mass is 9.93. The van der Waals surface area contributed by atoms with E-state index in [9.17, 15) is 5.11 Å². The second-order valence-electron chi connectivity index (χ2n) is 5.57. The van der Waals surface area contributed by atoms with Gasteiger partial charge in [0.05, 0.1) is 15.9 Å². The van der Waals surface area contributed by atoms with Crippen LogP contribution in [0.3, 0.4) is 0 Å². The van der Waals surface area contributed by atoms with Crippen LogP contribution in [0.25, 0.3) is 0 Å². The fraction of sp³-hybridized carbons (Fsp3) is 0.471. The molecular formula is C17H23BrN2O. The van der Waals surface area contributed by atoms with Gasteiger partial charge < -0.3 is 5.11 Å². The molecule has 0 fully saturated rings. The maximum Gasteiger partial charge on any atom is 0.0766 e. The molecule has 21 heavy (non-hydrogen) atoms. The van der Waals surface area contributed by atoms with Crippen LogP contribution < -0.4 is 0 Å². The number of hydrogen-bond acceptors (Lipinski definition) is 2. The van der Waals surface area contributed by atoms with E-state index < -0.39 is 0 Å². The van der Waals surface area contributed by atoms with Gasteiger partial charge in [0, 0.05) is 13.7 Å². The Kier molecular flexibility index (Phi) is 5.59. The molecule has 0 spiro atoms. The molecule has 0 aliphatic rings. The molecule has 0 saturated carbocycles. The standard InChI is InChI=1S/C17H23BrN2O/c1-4-15-17(18)16(20(3)19-15)10-13(11-21)9-14-8-6-5-7-12(14)2/h5-8,13,21H,4,9-11H2,1-3H3. The zero-order valence-electron chi connectivity index (χ0n) is 12.9. The summed E-state index contributed by atoms with van der Waals surface area (Å²) in [5.41, 5.74) is 4.85. The first-order chi connectivity index (χ1) is 10.1. The maximum atomic E-state index is 9.74. The largest absolute Gasteiger partial charge is 0.396 e. The quantitative estimate of drug-likeness (QED) is 0.866. The highest BCUT2D eigenvalue weighted by Gasteiger charge is 2.18. The van der Waals surface area contributed by atoms with Gasteiger partial charge in [-0.25, -0.2) is 0 Å². The predicted octanol–water partition coefficient (Wildman–Crippen LogP) is 3.45. The molecular weight excluding hydrogens is 328 g/mol. The van der Waals surface area contributed by atoms with Gasteiger partial charge in [0.25, 0.3) is 0 Å². The van der Waals surface area contributed by atoms with Crippen molar-refractivity contribution in [3.05, 3.63) is 51.3 Å². The molecule has 4 heteroatoms. The summed E-state index contributed by atoms with van der Waals surface area (Å²) >= 11 is 3.65. The van der Waals surface area contributed by atoms with Gasteiger partial charge in [0.2, 0.25) is 0 Å². The van der Waals surface area contributed by atoms with Crippen molar-refractivity contribution in [3.63, 3.8) is 0 Å². The molecule has 2 aromatic rings. The molecule has 0 aliphatic heterocycles. The number of aryl methyl sites for hydroxylation is 3. The van der Waals surface area contributed by atoms with Crippen LogP contribution in [-0.4, -0.2) is 21.5 Å². The minimum absolute atomic E-state index is 0.188. The fourth-order valence-electron chi connectivity index (χ4n) is 2.67. The van der Waals surface area contributed by atoms with Crippen LogP contribution in [0.15, 0.2) is 28.7 Å². The lowest BCUT2D eigenvalue weighted by molar-refractivity contribution is 0.223. The summed E-state index contributed by atoms with van der Waals surface area (Å²) in [7, 11) is 1.97. The lowest BCUT2D eigenvalue weighted by Gasteiger charge is -2.16. The van der Waals surface area contributed by atoms with Crippen LogP contribution >= 0.6 is 15.9 Å². The molecule has 1 atom stereocenters. The number of aliphatic hydroxyl groups excluding tert-OH is 1. The van der Waals surface area contributed by atoms with E-state index >= 15 is 0 Å². The molecule has 1 aromatic carbocycles. The minimum atomic E-state index is 0.188. The highest BCUT2D eigenvalue weighted by Crippen LogP contribution is 2.25. The van der Waals surface area contributed by atoms with Crippen molar-refractivity contribution >= 4 is 15.9 Å². The lowest BCUT2D eigenvalue weighted by Crippen LogP contribution is -2.16. The zero-order chi connectivity index (χ0) is 15.4. The average Bonchev–Trinajstić information content (AvgIpc) is 2.75. The van der Waals surface area contributed by atoms with E-state index in [4.69, 9.17) is 0 Å². The number of halogens is 1. The third-order valence-electron chi connectivity index (χ3n) is 4.01. The summed E-state index contributed by atoms with van der Waals surface area (Å²) in [6, 6.07) is 8.39. The van der Waals surface area contributed by atoms with Crippen molar-refractivity contribution in [2.24, 2.45) is 13.0 Å². The van der Waals surface area contributed by atoms with Crippen molar-refractivity contribution in [3.8, 4) is 0 Å². The van der Waals surface area contributed by atoms with E-state index in [-0.39, 0.29) is 12.5 Å². The van der Waals surface area contributed by atoms with Crippen LogP contribution in [0.4, 0.5) is 0 Å². The fourth-order valence-corrected chi connectivity index (χ4v) is 3.44. The van der Waals surface area contributed by atoms with Crippen molar-refractivity contribution in [1.82, 2.24) is 9.78 Å². The second-order valence-corrected chi connectivity index (χ2v) is 6.36. The Morgan fingerprint density at radius 1 is 1.29 bits per heavy atom. The monoisotopic (exact) mass is 350 g/mol. The Labute approximate surface area is 135 Å². The maximum absolute atomic E-state index is 9.74. The summed E-state index contributed by atoms with van der Waals surface area (Å²) in [6.07, 6.45) is 2.63. The first-order valence-corrected chi connectivity index (χ1v) is 8.21. The van der Waals surface area contributed by atoms with E-state index in [0.29, 0.717) is 0 Å². The smallest absolute Gasteiger partial charge is 0.0766 e. The van der Waals surface area contributed by atoms with E-state index in [0.717, 1.165) is 29.4 Å². The molecule has 1 N–H and O–H groups in total. The van der Waals surface area contributed by atoms with Crippen LogP contribution in [0.2, 0.25) is 0 Å². The van der Waals surface area contributed by atoms with Crippen LogP contribution in [0.1, 0.15) is 29.4 Å². The third kappa shape index (κ3) is 3.74. The van der Waals surface area contributed by atoms with E-state index in [1.54, 1.807) is 0 Å². The molecule has 0 bridgehead atoms. The summed E-state index contributed by atoms with van der Waals surface area (Å²) in [5.74, 6) is 0.211. The topological polar surface area (TPSA) is 38.0 Å². The Hall–Kier alpha value is -1.13. The molecule has 0 radical (unpaired) electrons. The van der Waals surface area contributed by atoms with Gasteiger partial charge in [-0.3, -0.25) is 4.68 Å². The predicted molar refractivity (Wildman–Crippen MR) is 89.4 cm³/mol. The number of hydrogen-bond donors (Lipinski definition) is 1. The van der Waals surface area contributed by atoms with Crippen LogP contribution in [0.5, 0.6) is 0 Å². The molecule has 1 aromatic heterocycles. The van der Waals surface area contributed by atoms with Gasteiger partial charge in [0.15, 0.2) is 0 Å². The van der Waals surface area contributed by atoms with Crippen molar-refractivity contribution in [2.75, 3.05) is 6.61 Å². The molecule has 114 valence electrons. The number of nitrogens with zero attached hydrogens (tertiary/aromatic N) is 2. The van der Waals surface area contributed by atoms with Gasteiger partial charge in [-0.2, -0.15) is 5.10 Å². The summed E-state index contributed by atoms with van der Waals surface area (Å²) in [6.45, 7) is 4.42. The number of aromatic nitrogens is 2. The zero-order valence-corrected chi connectivity index (χ0v) is 14.5. The number of rotatable bonds is 6. The van der Waals surface area contributed by atoms with Gasteiger partial charge in [-0.15, -0.1) is 0 Å². The van der Waals surface area contributed by atoms with E-state index in [1.165, 1.54) is 16.8 Å². The van der Waals surface area contributed by atoms with Gasteiger partial charge in [0.1, 0.15) is 0 Å². The molecule has 0 amide bonds. The molecule has 1 unspecified atom stereocenters. The molecule has 0 saturated heterocycles. The Morgan fingerprint density at radius 3 is 2.57 bits per heavy atom. The van der Waals surface area contributed by atoms with E-state index in [2.05, 4.69) is 59.1 Å². The van der Waals surface area contributed by atoms with Gasteiger partial charge in [-0.1, -0.05) is 31.2 Å².